The predicted octanol–water partition coefficient (Wildman–Crippen LogP) is 29.2. The van der Waals surface area contributed by atoms with Gasteiger partial charge in [0.05, 0.1) is 51.7 Å². The lowest BCUT2D eigenvalue weighted by molar-refractivity contribution is -0.151. The molecule has 19 nitrogen and oxygen atoms in total. The molecule has 0 heterocycles. The molecule has 0 aromatic carbocycles. The quantitative estimate of drug-likeness (QED) is 0.0192. The van der Waals surface area contributed by atoms with E-state index in [0.29, 0.717) is 38.5 Å². The van der Waals surface area contributed by atoms with Crippen LogP contribution >= 0.6 is 15.6 Å². The summed E-state index contributed by atoms with van der Waals surface area (Å²) in [5.74, 6) is -0.828. The van der Waals surface area contributed by atoms with Crippen LogP contribution in [0.25, 0.3) is 0 Å². The Balaban J connectivity index is 6.36. The number of amides is 4. The minimum atomic E-state index is -4.36. The summed E-state index contributed by atoms with van der Waals surface area (Å²) < 4.78 is 76.7. The van der Waals surface area contributed by atoms with Gasteiger partial charge in [0.25, 0.3) is 0 Å². The molecule has 0 rings (SSSR count). The highest BCUT2D eigenvalue weighted by atomic mass is 31.2. The van der Waals surface area contributed by atoms with Crippen molar-refractivity contribution in [2.75, 3.05) is 52.7 Å². The van der Waals surface area contributed by atoms with E-state index >= 15 is 0 Å². The summed E-state index contributed by atoms with van der Waals surface area (Å²) in [5.41, 5.74) is 0. The zero-order valence-corrected chi connectivity index (χ0v) is 79.3. The average molecular weight is 1710 g/mol. The van der Waals surface area contributed by atoms with Crippen molar-refractivity contribution in [3.05, 3.63) is 25.3 Å². The van der Waals surface area contributed by atoms with E-state index in [-0.39, 0.29) is 89.3 Å². The van der Waals surface area contributed by atoms with E-state index < -0.39 is 46.0 Å². The Labute approximate surface area is 725 Å². The molecule has 0 fully saturated rings. The van der Waals surface area contributed by atoms with Crippen molar-refractivity contribution >= 4 is 45.4 Å². The van der Waals surface area contributed by atoms with E-state index in [1.165, 1.54) is 269 Å². The first-order valence-electron chi connectivity index (χ1n) is 49.9. The topological polar surface area (TPSA) is 241 Å². The standard InChI is InChI=1S/C97H188N4O15P2/c1-9-17-23-29-35-41-45-49-53-59-65-71-77-95(104)115-91(73-67-61-55-39-33-27-21-13-5)85-89(100-93(102)75-69-63-57-51-47-43-37-31-25-19-11-3)87-113-117(107,109-81-15-7)111-83-79-98-97(106)99-80-84-112-118(108,110-82-16-8)114-88-90(101-94(103)76-70-64-58-52-48-44-38-32-26-20-12-4)86-92(74-68-62-56-40-34-28-22-14-6)116-96(105)78-72-66-60-54-50-46-42-36-30-24-18-10-2/h15-16,89-92H,7-14,17-88H2,1-6H3,(H,100,102)(H,101,103)(H2,98,99,106)/t89-,90-,91?,92?,117?,118?/m1/s1. The number of ether oxygens (including phenoxy) is 2. The van der Waals surface area contributed by atoms with Gasteiger partial charge < -0.3 is 30.7 Å². The van der Waals surface area contributed by atoms with Crippen LogP contribution in [0, 0.1) is 0 Å². The number of carbonyl (C=O) groups excluding carboxylic acids is 5. The number of rotatable bonds is 96. The van der Waals surface area contributed by atoms with Gasteiger partial charge in [-0.2, -0.15) is 0 Å². The Bertz CT molecular complexity index is 2220. The predicted molar refractivity (Wildman–Crippen MR) is 494 cm³/mol. The number of phosphoric ester groups is 2. The maximum absolute atomic E-state index is 14.5. The highest BCUT2D eigenvalue weighted by Gasteiger charge is 2.33. The number of urea groups is 1. The van der Waals surface area contributed by atoms with Crippen molar-refractivity contribution in [2.45, 2.75) is 515 Å². The molecule has 0 aliphatic rings. The summed E-state index contributed by atoms with van der Waals surface area (Å²) in [6.45, 7) is 19.2. The van der Waals surface area contributed by atoms with Gasteiger partial charge in [-0.1, -0.05) is 413 Å². The second-order valence-electron chi connectivity index (χ2n) is 34.1. The minimum absolute atomic E-state index is 0.127. The summed E-state index contributed by atoms with van der Waals surface area (Å²) in [6, 6.07) is -2.04. The van der Waals surface area contributed by atoms with Crippen LogP contribution in [0.4, 0.5) is 4.79 Å². The van der Waals surface area contributed by atoms with Crippen LogP contribution in [0.1, 0.15) is 491 Å². The van der Waals surface area contributed by atoms with Crippen molar-refractivity contribution in [1.82, 2.24) is 21.3 Å². The largest absolute Gasteiger partial charge is 0.475 e. The average Bonchev–Trinajstić information content (AvgIpc) is 0.881. The molecule has 21 heteroatoms. The Kier molecular flexibility index (Phi) is 86.3. The Morgan fingerprint density at radius 3 is 0.746 bits per heavy atom. The Hall–Kier alpha value is -3.15. The summed E-state index contributed by atoms with van der Waals surface area (Å²) in [7, 11) is -8.71. The zero-order valence-electron chi connectivity index (χ0n) is 77.6. The van der Waals surface area contributed by atoms with Crippen LogP contribution in [0.15, 0.2) is 25.3 Å². The van der Waals surface area contributed by atoms with Gasteiger partial charge in [-0.15, -0.1) is 13.2 Å². The lowest BCUT2D eigenvalue weighted by atomic mass is 10.0. The molecule has 696 valence electrons. The molecule has 0 saturated heterocycles. The molecule has 4 N–H and O–H groups in total. The SMILES string of the molecule is C=CCOP(=O)(OCCNC(=O)NCCOP(=O)(OCC=C)OC[C@@H](CC(CCCCCCCCCC)OC(=O)CCCCCCCCCCCCCC)NC(=O)CCCCCCCCCCCCC)OC[C@@H](CC(CCCCCCCCCC)OC(=O)CCCCCCCCCCCCCC)NC(=O)CCCCCCCCCCCCC. The second-order valence-corrected chi connectivity index (χ2v) is 37.4. The molecule has 6 atom stereocenters. The maximum atomic E-state index is 14.5. The van der Waals surface area contributed by atoms with Gasteiger partial charge in [0.15, 0.2) is 0 Å². The number of hydrogen-bond acceptors (Lipinski definition) is 15. The third-order valence-corrected chi connectivity index (χ3v) is 25.4. The fourth-order valence-corrected chi connectivity index (χ4v) is 17.6. The van der Waals surface area contributed by atoms with Gasteiger partial charge >= 0.3 is 33.6 Å². The molecule has 4 unspecified atom stereocenters. The molecule has 0 aliphatic heterocycles. The molecular weight excluding hydrogens is 1520 g/mol. The molecule has 0 aromatic heterocycles. The Morgan fingerprint density at radius 2 is 0.508 bits per heavy atom. The third-order valence-electron chi connectivity index (χ3n) is 22.5. The van der Waals surface area contributed by atoms with Gasteiger partial charge in [-0.05, 0) is 51.4 Å². The number of esters is 2. The van der Waals surface area contributed by atoms with Crippen molar-refractivity contribution in [2.24, 2.45) is 0 Å². The van der Waals surface area contributed by atoms with E-state index in [1.807, 2.05) is 0 Å². The van der Waals surface area contributed by atoms with E-state index in [4.69, 9.17) is 36.6 Å². The van der Waals surface area contributed by atoms with Crippen LogP contribution in [0.2, 0.25) is 0 Å². The normalized spacial score (nSPS) is 13.6. The van der Waals surface area contributed by atoms with Gasteiger partial charge in [0.1, 0.15) is 12.2 Å². The van der Waals surface area contributed by atoms with Gasteiger partial charge in [0, 0.05) is 51.6 Å². The van der Waals surface area contributed by atoms with Crippen LogP contribution < -0.4 is 21.3 Å². The van der Waals surface area contributed by atoms with Crippen LogP contribution in [-0.4, -0.2) is 107 Å². The molecule has 0 radical (unpaired) electrons. The maximum Gasteiger partial charge on any atom is 0.475 e. The molecule has 0 aromatic rings. The first-order valence-corrected chi connectivity index (χ1v) is 52.9. The summed E-state index contributed by atoms with van der Waals surface area (Å²) in [4.78, 5) is 68.3. The number of carbonyl (C=O) groups is 5. The fraction of sp³-hybridized carbons (Fsp3) is 0.907. The fourth-order valence-electron chi connectivity index (χ4n) is 15.2. The van der Waals surface area contributed by atoms with E-state index in [0.717, 1.165) is 141 Å². The molecule has 0 spiro atoms. The number of nitrogens with one attached hydrogen (secondary N) is 4. The summed E-state index contributed by atoms with van der Waals surface area (Å²) in [5, 5.41) is 11.7. The lowest BCUT2D eigenvalue weighted by Gasteiger charge is -2.26. The minimum Gasteiger partial charge on any atom is -0.462 e. The van der Waals surface area contributed by atoms with Gasteiger partial charge in [0.2, 0.25) is 11.8 Å². The second kappa shape index (κ2) is 88.7. The molecule has 4 amide bonds. The van der Waals surface area contributed by atoms with Crippen LogP contribution in [0.3, 0.4) is 0 Å². The zero-order chi connectivity index (χ0) is 86.2. The molecular formula is C97H188N4O15P2. The van der Waals surface area contributed by atoms with Crippen molar-refractivity contribution in [3.8, 4) is 0 Å². The van der Waals surface area contributed by atoms with Gasteiger partial charge in [-0.25, -0.2) is 13.9 Å². The lowest BCUT2D eigenvalue weighted by Crippen LogP contribution is -2.41. The first kappa shape index (κ1) is 115. The summed E-state index contributed by atoms with van der Waals surface area (Å²) in [6.07, 6.45) is 76.9. The van der Waals surface area contributed by atoms with Crippen molar-refractivity contribution in [3.63, 3.8) is 0 Å². The molecule has 0 saturated carbocycles. The van der Waals surface area contributed by atoms with Crippen LogP contribution in [0.5, 0.6) is 0 Å². The molecule has 0 aliphatic carbocycles. The third kappa shape index (κ3) is 80.0. The Morgan fingerprint density at radius 1 is 0.288 bits per heavy atom. The van der Waals surface area contributed by atoms with Crippen LogP contribution in [-0.2, 0) is 64.9 Å². The highest BCUT2D eigenvalue weighted by molar-refractivity contribution is 7.48. The van der Waals surface area contributed by atoms with Gasteiger partial charge in [-0.3, -0.25) is 46.3 Å². The van der Waals surface area contributed by atoms with E-state index in [2.05, 4.69) is 76.0 Å². The molecule has 118 heavy (non-hydrogen) atoms. The van der Waals surface area contributed by atoms with E-state index in [1.54, 1.807) is 0 Å². The molecule has 0 bridgehead atoms. The number of unbranched alkanes of at least 4 members (excludes halogenated alkanes) is 56. The smallest absolute Gasteiger partial charge is 0.462 e. The monoisotopic (exact) mass is 1710 g/mol. The van der Waals surface area contributed by atoms with Crippen molar-refractivity contribution in [1.29, 1.82) is 0 Å². The van der Waals surface area contributed by atoms with Crippen molar-refractivity contribution < 1.29 is 69.7 Å². The number of hydrogen-bond donors (Lipinski definition) is 4. The summed E-state index contributed by atoms with van der Waals surface area (Å²) >= 11 is 0. The first-order chi connectivity index (χ1) is 57.6. The highest BCUT2D eigenvalue weighted by Crippen LogP contribution is 2.50. The van der Waals surface area contributed by atoms with E-state index in [9.17, 15) is 33.1 Å². The number of phosphoric acid groups is 2.